The summed E-state index contributed by atoms with van der Waals surface area (Å²) in [5.41, 5.74) is 0.942. The van der Waals surface area contributed by atoms with Crippen molar-refractivity contribution in [3.63, 3.8) is 0 Å². The third-order valence-corrected chi connectivity index (χ3v) is 1.15. The van der Waals surface area contributed by atoms with E-state index >= 15 is 0 Å². The summed E-state index contributed by atoms with van der Waals surface area (Å²) in [6.45, 7) is 1.77. The maximum absolute atomic E-state index is 9.02. The second-order valence-corrected chi connectivity index (χ2v) is 1.86. The molecule has 0 amide bonds. The van der Waals surface area contributed by atoms with Crippen LogP contribution in [0.15, 0.2) is 12.3 Å². The summed E-state index contributed by atoms with van der Waals surface area (Å²) in [5, 5.41) is 9.02. The smallest absolute Gasteiger partial charge is 0.147 e. The lowest BCUT2D eigenvalue weighted by molar-refractivity contribution is 0.473. The van der Waals surface area contributed by atoms with Crippen LogP contribution >= 0.6 is 0 Å². The van der Waals surface area contributed by atoms with Crippen LogP contribution in [0.4, 0.5) is 0 Å². The molecule has 0 saturated carbocycles. The molecule has 2 nitrogen and oxygen atoms in total. The average Bonchev–Trinajstić information content (AvgIpc) is 1.83. The largest absolute Gasteiger partial charge is 0.507 e. The molecular weight excluding hydrogens is 113 g/mol. The molecule has 0 unspecified atom stereocenters. The Morgan fingerprint density at radius 1 is 1.67 bits per heavy atom. The van der Waals surface area contributed by atoms with E-state index in [9.17, 15) is 0 Å². The molecule has 0 spiro atoms. The van der Waals surface area contributed by atoms with E-state index in [0.717, 1.165) is 5.56 Å². The van der Waals surface area contributed by atoms with Crippen LogP contribution in [0, 0.1) is 6.92 Å². The fraction of sp³-hybridized carbons (Fsp3) is 0.167. The SMILES string of the molecule is [B]c1nccc(C)c1O. The standard InChI is InChI=1S/C6H6BNO/c1-4-2-3-8-6(7)5(4)9/h2-3,9H,1H3. The van der Waals surface area contributed by atoms with Gasteiger partial charge in [-0.05, 0) is 18.6 Å². The van der Waals surface area contributed by atoms with Gasteiger partial charge >= 0.3 is 0 Å². The van der Waals surface area contributed by atoms with E-state index in [4.69, 9.17) is 13.0 Å². The zero-order chi connectivity index (χ0) is 6.85. The minimum atomic E-state index is 0.0810. The number of aromatic nitrogens is 1. The fourth-order valence-electron chi connectivity index (χ4n) is 0.571. The molecular formula is C6H6BNO. The Morgan fingerprint density at radius 2 is 2.33 bits per heavy atom. The van der Waals surface area contributed by atoms with Crippen molar-refractivity contribution in [2.45, 2.75) is 6.92 Å². The van der Waals surface area contributed by atoms with Gasteiger partial charge in [0, 0.05) is 11.8 Å². The van der Waals surface area contributed by atoms with Crippen molar-refractivity contribution in [2.75, 3.05) is 0 Å². The summed E-state index contributed by atoms with van der Waals surface area (Å²) in [5.74, 6) is 0.0810. The molecule has 2 radical (unpaired) electrons. The van der Waals surface area contributed by atoms with E-state index < -0.39 is 0 Å². The van der Waals surface area contributed by atoms with Gasteiger partial charge in [-0.3, -0.25) is 4.98 Å². The van der Waals surface area contributed by atoms with Gasteiger partial charge in [-0.1, -0.05) is 0 Å². The summed E-state index contributed by atoms with van der Waals surface area (Å²) >= 11 is 0. The highest BCUT2D eigenvalue weighted by Crippen LogP contribution is 2.07. The highest BCUT2D eigenvalue weighted by Gasteiger charge is 1.96. The van der Waals surface area contributed by atoms with Crippen LogP contribution in [-0.2, 0) is 0 Å². The monoisotopic (exact) mass is 119 g/mol. The van der Waals surface area contributed by atoms with Crippen LogP contribution in [0.25, 0.3) is 0 Å². The van der Waals surface area contributed by atoms with Crippen molar-refractivity contribution in [3.05, 3.63) is 17.8 Å². The topological polar surface area (TPSA) is 33.1 Å². The Balaban J connectivity index is 3.25. The highest BCUT2D eigenvalue weighted by atomic mass is 16.3. The van der Waals surface area contributed by atoms with Crippen molar-refractivity contribution < 1.29 is 5.11 Å². The van der Waals surface area contributed by atoms with E-state index in [0.29, 0.717) is 0 Å². The number of hydrogen-bond donors (Lipinski definition) is 1. The number of nitrogens with zero attached hydrogens (tertiary/aromatic N) is 1. The lowest BCUT2D eigenvalue weighted by Gasteiger charge is -1.98. The van der Waals surface area contributed by atoms with Crippen molar-refractivity contribution in [1.29, 1.82) is 0 Å². The van der Waals surface area contributed by atoms with Gasteiger partial charge in [0.2, 0.25) is 0 Å². The third kappa shape index (κ3) is 1.04. The first-order valence-corrected chi connectivity index (χ1v) is 2.62. The Morgan fingerprint density at radius 3 is 2.78 bits per heavy atom. The van der Waals surface area contributed by atoms with Crippen LogP contribution in [-0.4, -0.2) is 17.9 Å². The molecule has 3 heteroatoms. The summed E-state index contributed by atoms with van der Waals surface area (Å²) in [4.78, 5) is 3.67. The maximum atomic E-state index is 9.02. The molecule has 0 aliphatic heterocycles. The van der Waals surface area contributed by atoms with E-state index in [1.165, 1.54) is 0 Å². The molecule has 1 rings (SSSR count). The highest BCUT2D eigenvalue weighted by molar-refractivity contribution is 6.32. The van der Waals surface area contributed by atoms with Gasteiger partial charge in [0.05, 0.1) is 0 Å². The van der Waals surface area contributed by atoms with Gasteiger partial charge in [-0.2, -0.15) is 0 Å². The maximum Gasteiger partial charge on any atom is 0.147 e. The molecule has 0 fully saturated rings. The predicted octanol–water partition coefficient (Wildman–Crippen LogP) is -0.111. The van der Waals surface area contributed by atoms with Crippen LogP contribution in [0.2, 0.25) is 0 Å². The average molecular weight is 119 g/mol. The summed E-state index contributed by atoms with van der Waals surface area (Å²) in [6, 6.07) is 1.70. The van der Waals surface area contributed by atoms with Gasteiger partial charge in [-0.25, -0.2) is 0 Å². The third-order valence-electron chi connectivity index (χ3n) is 1.15. The van der Waals surface area contributed by atoms with Crippen molar-refractivity contribution in [3.8, 4) is 5.75 Å². The van der Waals surface area contributed by atoms with Crippen molar-refractivity contribution in [1.82, 2.24) is 4.98 Å². The molecule has 0 aromatic carbocycles. The Labute approximate surface area is 55.0 Å². The van der Waals surface area contributed by atoms with Gasteiger partial charge in [-0.15, -0.1) is 0 Å². The molecule has 0 saturated heterocycles. The second kappa shape index (κ2) is 2.09. The number of pyridine rings is 1. The zero-order valence-corrected chi connectivity index (χ0v) is 5.13. The minimum absolute atomic E-state index is 0.0810. The fourth-order valence-corrected chi connectivity index (χ4v) is 0.571. The lowest BCUT2D eigenvalue weighted by atomic mass is 10.0. The Kier molecular flexibility index (Phi) is 1.43. The van der Waals surface area contributed by atoms with Crippen LogP contribution in [0.5, 0.6) is 5.75 Å². The van der Waals surface area contributed by atoms with Gasteiger partial charge < -0.3 is 5.11 Å². The number of rotatable bonds is 0. The quantitative estimate of drug-likeness (QED) is 0.483. The molecule has 0 aliphatic rings. The zero-order valence-electron chi connectivity index (χ0n) is 5.13. The number of hydrogen-bond acceptors (Lipinski definition) is 2. The van der Waals surface area contributed by atoms with Gasteiger partial charge in [0.25, 0.3) is 0 Å². The second-order valence-electron chi connectivity index (χ2n) is 1.86. The van der Waals surface area contributed by atoms with Crippen LogP contribution in [0.1, 0.15) is 5.56 Å². The summed E-state index contributed by atoms with van der Waals surface area (Å²) in [7, 11) is 5.26. The van der Waals surface area contributed by atoms with Gasteiger partial charge in [0.1, 0.15) is 13.6 Å². The van der Waals surface area contributed by atoms with Crippen LogP contribution < -0.4 is 5.59 Å². The number of aromatic hydroxyl groups is 1. The van der Waals surface area contributed by atoms with Crippen molar-refractivity contribution in [2.24, 2.45) is 0 Å². The predicted molar refractivity (Wildman–Crippen MR) is 36.0 cm³/mol. The van der Waals surface area contributed by atoms with E-state index in [2.05, 4.69) is 4.98 Å². The van der Waals surface area contributed by atoms with E-state index in [1.54, 1.807) is 19.2 Å². The molecule has 44 valence electrons. The Bertz CT molecular complexity index is 204. The summed E-state index contributed by atoms with van der Waals surface area (Å²) in [6.07, 6.45) is 1.56. The molecule has 1 aromatic rings. The van der Waals surface area contributed by atoms with E-state index in [-0.39, 0.29) is 11.3 Å². The normalized spacial score (nSPS) is 9.44. The summed E-state index contributed by atoms with van der Waals surface area (Å²) < 4.78 is 0. The molecule has 0 aliphatic carbocycles. The van der Waals surface area contributed by atoms with Crippen LogP contribution in [0.3, 0.4) is 0 Å². The molecule has 0 bridgehead atoms. The number of aryl methyl sites for hydroxylation is 1. The lowest BCUT2D eigenvalue weighted by Crippen LogP contribution is -2.08. The first-order chi connectivity index (χ1) is 4.22. The first-order valence-electron chi connectivity index (χ1n) is 2.62. The minimum Gasteiger partial charge on any atom is -0.507 e. The molecule has 1 aromatic heterocycles. The van der Waals surface area contributed by atoms with Crippen molar-refractivity contribution >= 4 is 13.4 Å². The molecule has 9 heavy (non-hydrogen) atoms. The van der Waals surface area contributed by atoms with E-state index in [1.807, 2.05) is 0 Å². The first kappa shape index (κ1) is 6.14. The Hall–Kier alpha value is -0.985. The molecule has 1 heterocycles. The molecule has 1 N–H and O–H groups in total. The van der Waals surface area contributed by atoms with Gasteiger partial charge in [0.15, 0.2) is 0 Å². The molecule has 0 atom stereocenters.